The van der Waals surface area contributed by atoms with Gasteiger partial charge in [-0.15, -0.1) is 11.3 Å². The maximum atomic E-state index is 12.8. The van der Waals surface area contributed by atoms with Gasteiger partial charge in [-0.2, -0.15) is 0 Å². The molecule has 0 atom stereocenters. The van der Waals surface area contributed by atoms with Crippen LogP contribution < -0.4 is 5.43 Å². The number of hydrogen-bond acceptors (Lipinski definition) is 3. The molecule has 3 rings (SSSR count). The Balaban J connectivity index is 2.35. The van der Waals surface area contributed by atoms with E-state index in [9.17, 15) is 9.59 Å². The second-order valence-corrected chi connectivity index (χ2v) is 6.14. The predicted octanol–water partition coefficient (Wildman–Crippen LogP) is 3.74. The highest BCUT2D eigenvalue weighted by molar-refractivity contribution is 7.24. The molecule has 0 amide bonds. The number of rotatable bonds is 3. The van der Waals surface area contributed by atoms with E-state index >= 15 is 0 Å². The Morgan fingerprint density at radius 2 is 1.90 bits per heavy atom. The SMILES string of the molecule is Cc1ccc2sc3ccccc3c(=O)c2c1CCC(=O)O. The molecule has 0 saturated carbocycles. The molecular formula is C17H14O3S. The summed E-state index contributed by atoms with van der Waals surface area (Å²) in [6.45, 7) is 1.93. The van der Waals surface area contributed by atoms with E-state index in [1.165, 1.54) is 0 Å². The van der Waals surface area contributed by atoms with Crippen LogP contribution in [0.1, 0.15) is 17.5 Å². The molecule has 0 unspecified atom stereocenters. The van der Waals surface area contributed by atoms with Crippen LogP contribution in [0.15, 0.2) is 41.2 Å². The van der Waals surface area contributed by atoms with Crippen molar-refractivity contribution in [2.24, 2.45) is 0 Å². The molecular weight excluding hydrogens is 284 g/mol. The monoisotopic (exact) mass is 298 g/mol. The number of carboxylic acid groups (broad SMARTS) is 1. The molecule has 0 spiro atoms. The van der Waals surface area contributed by atoms with Crippen molar-refractivity contribution < 1.29 is 9.90 Å². The third-order valence-electron chi connectivity index (χ3n) is 3.68. The largest absolute Gasteiger partial charge is 0.481 e. The van der Waals surface area contributed by atoms with Gasteiger partial charge >= 0.3 is 5.97 Å². The Bertz CT molecular complexity index is 909. The number of fused-ring (bicyclic) bond motifs is 2. The summed E-state index contributed by atoms with van der Waals surface area (Å²) >= 11 is 1.58. The van der Waals surface area contributed by atoms with Gasteiger partial charge in [0.1, 0.15) is 0 Å². The zero-order valence-corrected chi connectivity index (χ0v) is 12.4. The van der Waals surface area contributed by atoms with Crippen LogP contribution in [0.5, 0.6) is 0 Å². The Labute approximate surface area is 125 Å². The third-order valence-corrected chi connectivity index (χ3v) is 4.81. The van der Waals surface area contributed by atoms with Crippen LogP contribution in [0.25, 0.3) is 20.2 Å². The first-order valence-electron chi connectivity index (χ1n) is 6.74. The molecule has 0 aliphatic heterocycles. The second-order valence-electron chi connectivity index (χ2n) is 5.06. The highest BCUT2D eigenvalue weighted by atomic mass is 32.1. The molecule has 0 aliphatic carbocycles. The minimum atomic E-state index is -0.844. The molecule has 106 valence electrons. The van der Waals surface area contributed by atoms with Crippen LogP contribution in [-0.4, -0.2) is 11.1 Å². The number of hydrogen-bond donors (Lipinski definition) is 1. The second kappa shape index (κ2) is 5.30. The van der Waals surface area contributed by atoms with E-state index in [1.54, 1.807) is 11.3 Å². The molecule has 3 aromatic rings. The minimum Gasteiger partial charge on any atom is -0.481 e. The topological polar surface area (TPSA) is 54.4 Å². The third kappa shape index (κ3) is 2.43. The average Bonchev–Trinajstić information content (AvgIpc) is 2.47. The standard InChI is InChI=1S/C17H14O3S/c1-10-6-8-14-16(11(10)7-9-15(18)19)17(20)12-4-2-3-5-13(12)21-14/h2-6,8H,7,9H2,1H3,(H,18,19). The summed E-state index contributed by atoms with van der Waals surface area (Å²) in [6, 6.07) is 11.5. The molecule has 1 aromatic heterocycles. The normalized spacial score (nSPS) is 11.1. The van der Waals surface area contributed by atoms with Crippen molar-refractivity contribution in [3.63, 3.8) is 0 Å². The Morgan fingerprint density at radius 1 is 1.14 bits per heavy atom. The highest BCUT2D eigenvalue weighted by Crippen LogP contribution is 2.28. The van der Waals surface area contributed by atoms with Crippen molar-refractivity contribution in [1.82, 2.24) is 0 Å². The first-order valence-corrected chi connectivity index (χ1v) is 7.55. The van der Waals surface area contributed by atoms with Gasteiger partial charge < -0.3 is 5.11 Å². The molecule has 0 aliphatic rings. The molecule has 2 aromatic carbocycles. The van der Waals surface area contributed by atoms with Gasteiger partial charge in [0.25, 0.3) is 0 Å². The highest BCUT2D eigenvalue weighted by Gasteiger charge is 2.13. The quantitative estimate of drug-likeness (QED) is 0.749. The van der Waals surface area contributed by atoms with Crippen LogP contribution in [-0.2, 0) is 11.2 Å². The maximum absolute atomic E-state index is 12.8. The van der Waals surface area contributed by atoms with Gasteiger partial charge in [-0.3, -0.25) is 9.59 Å². The zero-order chi connectivity index (χ0) is 15.0. The van der Waals surface area contributed by atoms with E-state index in [2.05, 4.69) is 0 Å². The Morgan fingerprint density at radius 3 is 2.67 bits per heavy atom. The van der Waals surface area contributed by atoms with Crippen LogP contribution >= 0.6 is 11.3 Å². The summed E-state index contributed by atoms with van der Waals surface area (Å²) in [5.74, 6) is -0.844. The number of aliphatic carboxylic acids is 1. The summed E-state index contributed by atoms with van der Waals surface area (Å²) in [5, 5.41) is 10.3. The van der Waals surface area contributed by atoms with Gasteiger partial charge in [-0.05, 0) is 42.7 Å². The molecule has 0 saturated heterocycles. The van der Waals surface area contributed by atoms with E-state index in [-0.39, 0.29) is 11.8 Å². The van der Waals surface area contributed by atoms with Crippen molar-refractivity contribution >= 4 is 37.5 Å². The van der Waals surface area contributed by atoms with Gasteiger partial charge in [0.15, 0.2) is 5.43 Å². The van der Waals surface area contributed by atoms with Crippen molar-refractivity contribution in [2.45, 2.75) is 19.8 Å². The number of benzene rings is 2. The number of aryl methyl sites for hydroxylation is 2. The number of carbonyl (C=O) groups is 1. The van der Waals surface area contributed by atoms with Gasteiger partial charge in [-0.1, -0.05) is 18.2 Å². The van der Waals surface area contributed by atoms with E-state index in [1.807, 2.05) is 43.3 Å². The molecule has 1 N–H and O–H groups in total. The summed E-state index contributed by atoms with van der Waals surface area (Å²) in [4.78, 5) is 23.6. The van der Waals surface area contributed by atoms with E-state index in [0.717, 1.165) is 20.5 Å². The lowest BCUT2D eigenvalue weighted by Gasteiger charge is -2.09. The maximum Gasteiger partial charge on any atom is 0.303 e. The predicted molar refractivity (Wildman–Crippen MR) is 86.3 cm³/mol. The van der Waals surface area contributed by atoms with Crippen LogP contribution in [0.3, 0.4) is 0 Å². The van der Waals surface area contributed by atoms with E-state index in [0.29, 0.717) is 17.2 Å². The van der Waals surface area contributed by atoms with Crippen molar-refractivity contribution in [2.75, 3.05) is 0 Å². The fourth-order valence-corrected chi connectivity index (χ4v) is 3.72. The van der Waals surface area contributed by atoms with E-state index in [4.69, 9.17) is 5.11 Å². The molecule has 21 heavy (non-hydrogen) atoms. The summed E-state index contributed by atoms with van der Waals surface area (Å²) in [7, 11) is 0. The Kier molecular flexibility index (Phi) is 3.47. The van der Waals surface area contributed by atoms with Crippen molar-refractivity contribution in [1.29, 1.82) is 0 Å². The summed E-state index contributed by atoms with van der Waals surface area (Å²) in [6.07, 6.45) is 0.426. The smallest absolute Gasteiger partial charge is 0.303 e. The van der Waals surface area contributed by atoms with Gasteiger partial charge in [0, 0.05) is 26.6 Å². The first kappa shape index (κ1) is 13.8. The Hall–Kier alpha value is -2.20. The lowest BCUT2D eigenvalue weighted by molar-refractivity contribution is -0.136. The zero-order valence-electron chi connectivity index (χ0n) is 11.6. The molecule has 3 nitrogen and oxygen atoms in total. The fraction of sp³-hybridized carbons (Fsp3) is 0.176. The molecule has 0 radical (unpaired) electrons. The lowest BCUT2D eigenvalue weighted by atomic mass is 9.99. The first-order chi connectivity index (χ1) is 10.1. The van der Waals surface area contributed by atoms with Gasteiger partial charge in [0.05, 0.1) is 0 Å². The average molecular weight is 298 g/mol. The molecule has 1 heterocycles. The molecule has 0 bridgehead atoms. The minimum absolute atomic E-state index is 0.00318. The summed E-state index contributed by atoms with van der Waals surface area (Å²) < 4.78 is 1.88. The fourth-order valence-electron chi connectivity index (χ4n) is 2.61. The number of carboxylic acids is 1. The van der Waals surface area contributed by atoms with Crippen LogP contribution in [0.2, 0.25) is 0 Å². The van der Waals surface area contributed by atoms with Gasteiger partial charge in [0.2, 0.25) is 0 Å². The van der Waals surface area contributed by atoms with Crippen molar-refractivity contribution in [3.05, 3.63) is 57.7 Å². The van der Waals surface area contributed by atoms with Crippen LogP contribution in [0.4, 0.5) is 0 Å². The van der Waals surface area contributed by atoms with Crippen molar-refractivity contribution in [3.8, 4) is 0 Å². The summed E-state index contributed by atoms with van der Waals surface area (Å²) in [5.41, 5.74) is 1.84. The van der Waals surface area contributed by atoms with Crippen LogP contribution in [0, 0.1) is 6.92 Å². The molecule has 0 fully saturated rings. The lowest BCUT2D eigenvalue weighted by Crippen LogP contribution is -2.07. The molecule has 4 heteroatoms. The van der Waals surface area contributed by atoms with E-state index < -0.39 is 5.97 Å². The van der Waals surface area contributed by atoms with Gasteiger partial charge in [-0.25, -0.2) is 0 Å².